The lowest BCUT2D eigenvalue weighted by Crippen LogP contribution is -2.57. The van der Waals surface area contributed by atoms with Crippen LogP contribution in [-0.4, -0.2) is 43.8 Å². The largest absolute Gasteiger partial charge is 0.379 e. The molecular weight excluding hydrogens is 256 g/mol. The Morgan fingerprint density at radius 2 is 2.16 bits per heavy atom. The van der Waals surface area contributed by atoms with Crippen LogP contribution in [0.1, 0.15) is 36.8 Å². The maximum Gasteiger partial charge on any atom is 0.0599 e. The van der Waals surface area contributed by atoms with Crippen molar-refractivity contribution < 1.29 is 4.74 Å². The maximum atomic E-state index is 5.51. The van der Waals surface area contributed by atoms with Gasteiger partial charge >= 0.3 is 0 Å². The molecule has 2 unspecified atom stereocenters. The highest BCUT2D eigenvalue weighted by molar-refractivity contribution is 7.10. The number of morpholine rings is 1. The molecule has 3 nitrogen and oxygen atoms in total. The van der Waals surface area contributed by atoms with Crippen molar-refractivity contribution in [3.63, 3.8) is 0 Å². The van der Waals surface area contributed by atoms with Crippen LogP contribution in [-0.2, 0) is 4.74 Å². The molecule has 0 aliphatic carbocycles. The third-order valence-electron chi connectivity index (χ3n) is 4.52. The minimum Gasteiger partial charge on any atom is -0.379 e. The molecule has 1 aliphatic heterocycles. The molecular formula is C15H26N2OS. The fourth-order valence-corrected chi connectivity index (χ4v) is 4.27. The number of ether oxygens (including phenoxy) is 1. The van der Waals surface area contributed by atoms with Gasteiger partial charge in [-0.2, -0.15) is 0 Å². The molecule has 1 N–H and O–H groups in total. The molecule has 4 heteroatoms. The number of rotatable bonds is 5. The second kappa shape index (κ2) is 6.35. The molecule has 1 aromatic rings. The number of thiophene rings is 1. The predicted molar refractivity (Wildman–Crippen MR) is 81.9 cm³/mol. The number of hydrogen-bond donors (Lipinski definition) is 1. The van der Waals surface area contributed by atoms with Gasteiger partial charge in [0.1, 0.15) is 0 Å². The first-order valence-electron chi connectivity index (χ1n) is 7.17. The van der Waals surface area contributed by atoms with E-state index < -0.39 is 0 Å². The number of nitrogens with one attached hydrogen (secondary N) is 1. The number of aryl methyl sites for hydroxylation is 1. The third kappa shape index (κ3) is 2.87. The van der Waals surface area contributed by atoms with Gasteiger partial charge in [0, 0.05) is 23.5 Å². The van der Waals surface area contributed by atoms with Crippen LogP contribution in [0.15, 0.2) is 11.4 Å². The number of likely N-dealkylation sites (N-methyl/N-ethyl adjacent to an activating group) is 1. The maximum absolute atomic E-state index is 5.51. The first-order valence-corrected chi connectivity index (χ1v) is 8.05. The molecule has 1 fully saturated rings. The Morgan fingerprint density at radius 1 is 1.47 bits per heavy atom. The monoisotopic (exact) mass is 282 g/mol. The summed E-state index contributed by atoms with van der Waals surface area (Å²) < 4.78 is 5.51. The Labute approximate surface area is 121 Å². The lowest BCUT2D eigenvalue weighted by Gasteiger charge is -2.47. The van der Waals surface area contributed by atoms with Gasteiger partial charge in [-0.25, -0.2) is 0 Å². The summed E-state index contributed by atoms with van der Waals surface area (Å²) in [7, 11) is 2.08. The van der Waals surface area contributed by atoms with Gasteiger partial charge in [-0.1, -0.05) is 6.92 Å². The van der Waals surface area contributed by atoms with Crippen molar-refractivity contribution in [3.05, 3.63) is 21.9 Å². The van der Waals surface area contributed by atoms with Gasteiger partial charge in [0.25, 0.3) is 0 Å². The third-order valence-corrected chi connectivity index (χ3v) is 5.61. The predicted octanol–water partition coefficient (Wildman–Crippen LogP) is 2.82. The zero-order chi connectivity index (χ0) is 13.9. The normalized spacial score (nSPS) is 22.1. The summed E-state index contributed by atoms with van der Waals surface area (Å²) in [4.78, 5) is 4.06. The molecule has 1 aromatic heterocycles. The van der Waals surface area contributed by atoms with Crippen molar-refractivity contribution in [2.75, 3.05) is 33.4 Å². The number of nitrogens with zero attached hydrogens (tertiary/aromatic N) is 1. The van der Waals surface area contributed by atoms with Gasteiger partial charge < -0.3 is 10.1 Å². The van der Waals surface area contributed by atoms with Crippen molar-refractivity contribution in [3.8, 4) is 0 Å². The minimum atomic E-state index is 0.147. The zero-order valence-corrected chi connectivity index (χ0v) is 13.3. The van der Waals surface area contributed by atoms with E-state index in [-0.39, 0.29) is 5.54 Å². The summed E-state index contributed by atoms with van der Waals surface area (Å²) in [6.45, 7) is 10.7. The summed E-state index contributed by atoms with van der Waals surface area (Å²) >= 11 is 1.87. The van der Waals surface area contributed by atoms with Crippen molar-refractivity contribution in [2.45, 2.75) is 38.8 Å². The van der Waals surface area contributed by atoms with Gasteiger partial charge in [0.05, 0.1) is 19.3 Å². The van der Waals surface area contributed by atoms with E-state index in [1.165, 1.54) is 10.4 Å². The Balaban J connectivity index is 2.29. The highest BCUT2D eigenvalue weighted by Gasteiger charge is 2.40. The molecule has 19 heavy (non-hydrogen) atoms. The first kappa shape index (κ1) is 15.0. The molecule has 0 radical (unpaired) electrons. The quantitative estimate of drug-likeness (QED) is 0.899. The molecule has 2 heterocycles. The van der Waals surface area contributed by atoms with Crippen LogP contribution in [0.5, 0.6) is 0 Å². The van der Waals surface area contributed by atoms with E-state index in [2.05, 4.69) is 49.5 Å². The topological polar surface area (TPSA) is 24.5 Å². The van der Waals surface area contributed by atoms with Crippen molar-refractivity contribution in [2.24, 2.45) is 0 Å². The first-order chi connectivity index (χ1) is 9.13. The Bertz CT molecular complexity index is 401. The van der Waals surface area contributed by atoms with Crippen LogP contribution in [0, 0.1) is 6.92 Å². The average molecular weight is 282 g/mol. The fraction of sp³-hybridized carbons (Fsp3) is 0.733. The summed E-state index contributed by atoms with van der Waals surface area (Å²) in [6.07, 6.45) is 1.13. The molecule has 0 bridgehead atoms. The average Bonchev–Trinajstić information content (AvgIpc) is 2.86. The smallest absolute Gasteiger partial charge is 0.0599 e. The lowest BCUT2D eigenvalue weighted by atomic mass is 9.85. The standard InChI is InChI=1S/C15H26N2OS/c1-5-15(3,17-7-9-18-10-8-17)14(16-4)13-12(2)6-11-19-13/h6,11,14,16H,5,7-10H2,1-4H3. The van der Waals surface area contributed by atoms with Crippen LogP contribution in [0.25, 0.3) is 0 Å². The van der Waals surface area contributed by atoms with E-state index in [0.29, 0.717) is 6.04 Å². The summed E-state index contributed by atoms with van der Waals surface area (Å²) in [6, 6.07) is 2.61. The minimum absolute atomic E-state index is 0.147. The van der Waals surface area contributed by atoms with Gasteiger partial charge in [-0.15, -0.1) is 11.3 Å². The highest BCUT2D eigenvalue weighted by Crippen LogP contribution is 2.38. The zero-order valence-electron chi connectivity index (χ0n) is 12.5. The highest BCUT2D eigenvalue weighted by atomic mass is 32.1. The summed E-state index contributed by atoms with van der Waals surface area (Å²) in [5.41, 5.74) is 1.55. The van der Waals surface area contributed by atoms with Crippen molar-refractivity contribution >= 4 is 11.3 Å². The molecule has 1 aliphatic rings. The molecule has 108 valence electrons. The lowest BCUT2D eigenvalue weighted by molar-refractivity contribution is -0.0315. The molecule has 0 aromatic carbocycles. The Kier molecular flexibility index (Phi) is 5.01. The molecule has 0 amide bonds. The number of hydrogen-bond acceptors (Lipinski definition) is 4. The Morgan fingerprint density at radius 3 is 2.63 bits per heavy atom. The van der Waals surface area contributed by atoms with Crippen LogP contribution in [0.3, 0.4) is 0 Å². The molecule has 2 rings (SSSR count). The summed E-state index contributed by atoms with van der Waals surface area (Å²) in [5.74, 6) is 0. The molecule has 2 atom stereocenters. The van der Waals surface area contributed by atoms with Crippen molar-refractivity contribution in [1.82, 2.24) is 10.2 Å². The van der Waals surface area contributed by atoms with Crippen molar-refractivity contribution in [1.29, 1.82) is 0 Å². The van der Waals surface area contributed by atoms with E-state index >= 15 is 0 Å². The second-order valence-electron chi connectivity index (χ2n) is 5.50. The summed E-state index contributed by atoms with van der Waals surface area (Å²) in [5, 5.41) is 5.76. The molecule has 1 saturated heterocycles. The van der Waals surface area contributed by atoms with E-state index in [0.717, 1.165) is 32.7 Å². The van der Waals surface area contributed by atoms with E-state index in [1.807, 2.05) is 11.3 Å². The van der Waals surface area contributed by atoms with Gasteiger partial charge in [-0.3, -0.25) is 4.90 Å². The SMILES string of the molecule is CCC(C)(C(NC)c1sccc1C)N1CCOCC1. The van der Waals surface area contributed by atoms with Gasteiger partial charge in [0.15, 0.2) is 0 Å². The van der Waals surface area contributed by atoms with E-state index in [1.54, 1.807) is 0 Å². The van der Waals surface area contributed by atoms with E-state index in [9.17, 15) is 0 Å². The molecule has 0 saturated carbocycles. The van der Waals surface area contributed by atoms with Gasteiger partial charge in [-0.05, 0) is 44.3 Å². The van der Waals surface area contributed by atoms with Crippen LogP contribution >= 0.6 is 11.3 Å². The second-order valence-corrected chi connectivity index (χ2v) is 6.45. The van der Waals surface area contributed by atoms with Gasteiger partial charge in [0.2, 0.25) is 0 Å². The molecule has 0 spiro atoms. The Hall–Kier alpha value is -0.420. The van der Waals surface area contributed by atoms with Crippen LogP contribution in [0.2, 0.25) is 0 Å². The van der Waals surface area contributed by atoms with Crippen LogP contribution < -0.4 is 5.32 Å². The van der Waals surface area contributed by atoms with Crippen LogP contribution in [0.4, 0.5) is 0 Å². The fourth-order valence-electron chi connectivity index (χ4n) is 3.09. The van der Waals surface area contributed by atoms with E-state index in [4.69, 9.17) is 4.74 Å².